The second-order valence-electron chi connectivity index (χ2n) is 4.28. The number of hydrogen-bond donors (Lipinski definition) is 3. The lowest BCUT2D eigenvalue weighted by molar-refractivity contribution is 0.578. The average molecular weight is 321 g/mol. The van der Waals surface area contributed by atoms with Gasteiger partial charge >= 0.3 is 0 Å². The molecule has 0 saturated heterocycles. The van der Waals surface area contributed by atoms with Crippen molar-refractivity contribution in [2.45, 2.75) is 17.9 Å². The van der Waals surface area contributed by atoms with Crippen molar-refractivity contribution >= 4 is 20.0 Å². The van der Waals surface area contributed by atoms with Crippen molar-refractivity contribution in [2.24, 2.45) is 5.73 Å². The lowest BCUT2D eigenvalue weighted by Gasteiger charge is -2.10. The predicted molar refractivity (Wildman–Crippen MR) is 77.1 cm³/mol. The maximum Gasteiger partial charge on any atom is 0.240 e. The van der Waals surface area contributed by atoms with E-state index in [1.165, 1.54) is 19.2 Å². The van der Waals surface area contributed by atoms with E-state index in [2.05, 4.69) is 9.44 Å². The number of sulfonamides is 2. The largest absolute Gasteiger partial charge is 0.324 e. The van der Waals surface area contributed by atoms with Gasteiger partial charge in [-0.2, -0.15) is 0 Å². The van der Waals surface area contributed by atoms with Crippen LogP contribution in [0.4, 0.5) is 0 Å². The third kappa shape index (κ3) is 4.84. The molecule has 0 amide bonds. The van der Waals surface area contributed by atoms with Crippen molar-refractivity contribution in [3.05, 3.63) is 29.8 Å². The van der Waals surface area contributed by atoms with Crippen molar-refractivity contribution in [3.63, 3.8) is 0 Å². The Labute approximate surface area is 119 Å². The first-order chi connectivity index (χ1) is 9.18. The molecule has 1 atom stereocenters. The molecule has 7 nitrogen and oxygen atoms in total. The summed E-state index contributed by atoms with van der Waals surface area (Å²) in [6.07, 6.45) is 0. The van der Waals surface area contributed by atoms with E-state index >= 15 is 0 Å². The molecule has 0 spiro atoms. The van der Waals surface area contributed by atoms with Gasteiger partial charge in [-0.25, -0.2) is 26.3 Å². The van der Waals surface area contributed by atoms with Crippen LogP contribution < -0.4 is 15.2 Å². The highest BCUT2D eigenvalue weighted by Crippen LogP contribution is 2.15. The standard InChI is InChI=1S/C11H19N3O4S2/c1-9(12)10-4-3-5-11(8-10)20(17,18)14-6-7-19(15,16)13-2/h3-5,8-9,13-14H,6-7,12H2,1-2H3. The number of rotatable bonds is 7. The maximum absolute atomic E-state index is 12.0. The van der Waals surface area contributed by atoms with E-state index in [1.54, 1.807) is 19.1 Å². The van der Waals surface area contributed by atoms with Gasteiger partial charge in [-0.1, -0.05) is 12.1 Å². The normalized spacial score (nSPS) is 14.2. The summed E-state index contributed by atoms with van der Waals surface area (Å²) in [4.78, 5) is 0.0640. The number of nitrogens with two attached hydrogens (primary N) is 1. The Morgan fingerprint density at radius 3 is 2.45 bits per heavy atom. The summed E-state index contributed by atoms with van der Waals surface area (Å²) in [6.45, 7) is 1.55. The van der Waals surface area contributed by atoms with Crippen LogP contribution in [0.15, 0.2) is 29.2 Å². The molecule has 4 N–H and O–H groups in total. The van der Waals surface area contributed by atoms with Gasteiger partial charge in [-0.15, -0.1) is 0 Å². The molecule has 0 aliphatic heterocycles. The topological polar surface area (TPSA) is 118 Å². The quantitative estimate of drug-likeness (QED) is 0.627. The van der Waals surface area contributed by atoms with Crippen LogP contribution in [-0.2, 0) is 20.0 Å². The van der Waals surface area contributed by atoms with E-state index in [1.807, 2.05) is 0 Å². The molecule has 114 valence electrons. The Hall–Kier alpha value is -1.00. The Morgan fingerprint density at radius 1 is 1.25 bits per heavy atom. The summed E-state index contributed by atoms with van der Waals surface area (Å²) < 4.78 is 50.8. The first-order valence-electron chi connectivity index (χ1n) is 5.94. The first-order valence-corrected chi connectivity index (χ1v) is 9.08. The average Bonchev–Trinajstić information content (AvgIpc) is 2.38. The summed E-state index contributed by atoms with van der Waals surface area (Å²) in [5.74, 6) is -0.324. The molecule has 1 aromatic carbocycles. The number of benzene rings is 1. The van der Waals surface area contributed by atoms with E-state index in [9.17, 15) is 16.8 Å². The molecule has 0 aliphatic carbocycles. The lowest BCUT2D eigenvalue weighted by atomic mass is 10.1. The van der Waals surface area contributed by atoms with Crippen molar-refractivity contribution in [1.82, 2.24) is 9.44 Å². The molecule has 1 unspecified atom stereocenters. The molecule has 1 rings (SSSR count). The lowest BCUT2D eigenvalue weighted by Crippen LogP contribution is -2.33. The molecule has 1 aromatic rings. The SMILES string of the molecule is CNS(=O)(=O)CCNS(=O)(=O)c1cccc(C(C)N)c1. The predicted octanol–water partition coefficient (Wildman–Crippen LogP) is -0.466. The van der Waals surface area contributed by atoms with E-state index < -0.39 is 20.0 Å². The third-order valence-electron chi connectivity index (χ3n) is 2.67. The van der Waals surface area contributed by atoms with Crippen molar-refractivity contribution in [2.75, 3.05) is 19.3 Å². The second-order valence-corrected chi connectivity index (χ2v) is 8.09. The molecule has 0 heterocycles. The van der Waals surface area contributed by atoms with Crippen LogP contribution in [0, 0.1) is 0 Å². The zero-order valence-electron chi connectivity index (χ0n) is 11.3. The highest BCUT2D eigenvalue weighted by atomic mass is 32.2. The zero-order valence-corrected chi connectivity index (χ0v) is 13.0. The van der Waals surface area contributed by atoms with Gasteiger partial charge in [0.2, 0.25) is 20.0 Å². The summed E-state index contributed by atoms with van der Waals surface area (Å²) in [6, 6.07) is 5.95. The highest BCUT2D eigenvalue weighted by Gasteiger charge is 2.16. The van der Waals surface area contributed by atoms with Gasteiger partial charge in [0, 0.05) is 12.6 Å². The minimum absolute atomic E-state index is 0.0640. The van der Waals surface area contributed by atoms with Crippen LogP contribution >= 0.6 is 0 Å². The van der Waals surface area contributed by atoms with Gasteiger partial charge in [-0.3, -0.25) is 0 Å². The minimum atomic E-state index is -3.74. The molecule has 20 heavy (non-hydrogen) atoms. The van der Waals surface area contributed by atoms with E-state index in [4.69, 9.17) is 5.73 Å². The molecule has 0 radical (unpaired) electrons. The second kappa shape index (κ2) is 6.64. The first kappa shape index (κ1) is 17.1. The Kier molecular flexibility index (Phi) is 5.66. The van der Waals surface area contributed by atoms with Crippen LogP contribution in [0.1, 0.15) is 18.5 Å². The van der Waals surface area contributed by atoms with Crippen LogP contribution in [-0.4, -0.2) is 36.2 Å². The fraction of sp³-hybridized carbons (Fsp3) is 0.455. The molecule has 0 fully saturated rings. The summed E-state index contributed by atoms with van der Waals surface area (Å²) in [5.41, 5.74) is 6.39. The molecule has 9 heteroatoms. The summed E-state index contributed by atoms with van der Waals surface area (Å²) in [5, 5.41) is 0. The van der Waals surface area contributed by atoms with Crippen LogP contribution in [0.3, 0.4) is 0 Å². The molecular weight excluding hydrogens is 302 g/mol. The Bertz CT molecular complexity index is 654. The fourth-order valence-corrected chi connectivity index (χ4v) is 3.25. The molecule has 0 bridgehead atoms. The molecule has 0 aliphatic rings. The van der Waals surface area contributed by atoms with Crippen LogP contribution in [0.2, 0.25) is 0 Å². The van der Waals surface area contributed by atoms with Crippen molar-refractivity contribution in [1.29, 1.82) is 0 Å². The molecule has 0 saturated carbocycles. The van der Waals surface area contributed by atoms with Gasteiger partial charge in [0.15, 0.2) is 0 Å². The van der Waals surface area contributed by atoms with Gasteiger partial charge in [0.1, 0.15) is 0 Å². The molecule has 0 aromatic heterocycles. The monoisotopic (exact) mass is 321 g/mol. The van der Waals surface area contributed by atoms with E-state index in [-0.39, 0.29) is 23.2 Å². The molecular formula is C11H19N3O4S2. The minimum Gasteiger partial charge on any atom is -0.324 e. The van der Waals surface area contributed by atoms with Gasteiger partial charge in [0.05, 0.1) is 10.6 Å². The Morgan fingerprint density at radius 2 is 1.90 bits per heavy atom. The number of nitrogens with one attached hydrogen (secondary N) is 2. The maximum atomic E-state index is 12.0. The van der Waals surface area contributed by atoms with Gasteiger partial charge in [0.25, 0.3) is 0 Å². The number of hydrogen-bond acceptors (Lipinski definition) is 5. The third-order valence-corrected chi connectivity index (χ3v) is 5.49. The highest BCUT2D eigenvalue weighted by molar-refractivity contribution is 7.90. The van der Waals surface area contributed by atoms with Crippen molar-refractivity contribution < 1.29 is 16.8 Å². The van der Waals surface area contributed by atoms with Crippen LogP contribution in [0.5, 0.6) is 0 Å². The zero-order chi connectivity index (χ0) is 15.4. The van der Waals surface area contributed by atoms with Crippen LogP contribution in [0.25, 0.3) is 0 Å². The van der Waals surface area contributed by atoms with E-state index in [0.29, 0.717) is 5.56 Å². The van der Waals surface area contributed by atoms with E-state index in [0.717, 1.165) is 0 Å². The smallest absolute Gasteiger partial charge is 0.240 e. The van der Waals surface area contributed by atoms with Gasteiger partial charge < -0.3 is 5.73 Å². The van der Waals surface area contributed by atoms with Gasteiger partial charge in [-0.05, 0) is 31.7 Å². The van der Waals surface area contributed by atoms with Crippen molar-refractivity contribution in [3.8, 4) is 0 Å². The fourth-order valence-electron chi connectivity index (χ4n) is 1.46. The Balaban J connectivity index is 2.82. The summed E-state index contributed by atoms with van der Waals surface area (Å²) in [7, 11) is -5.91. The summed E-state index contributed by atoms with van der Waals surface area (Å²) >= 11 is 0.